The van der Waals surface area contributed by atoms with E-state index >= 15 is 0 Å². The van der Waals surface area contributed by atoms with Crippen molar-refractivity contribution in [3.05, 3.63) is 35.9 Å². The van der Waals surface area contributed by atoms with E-state index in [4.69, 9.17) is 0 Å². The topological polar surface area (TPSA) is 52.6 Å². The van der Waals surface area contributed by atoms with Crippen molar-refractivity contribution in [2.24, 2.45) is 0 Å². The Kier molecular flexibility index (Phi) is 7.56. The molecular formula is C19H30N2O2. The molecule has 2 atom stereocenters. The third-order valence-electron chi connectivity index (χ3n) is 4.84. The predicted molar refractivity (Wildman–Crippen MR) is 93.4 cm³/mol. The minimum Gasteiger partial charge on any atom is -0.396 e. The lowest BCUT2D eigenvalue weighted by Gasteiger charge is -2.27. The smallest absolute Gasteiger partial charge is 0.237 e. The summed E-state index contributed by atoms with van der Waals surface area (Å²) in [7, 11) is 0. The van der Waals surface area contributed by atoms with E-state index in [9.17, 15) is 9.90 Å². The Bertz CT molecular complexity index is 456. The second-order valence-electron chi connectivity index (χ2n) is 6.49. The molecule has 1 fully saturated rings. The second kappa shape index (κ2) is 9.68. The van der Waals surface area contributed by atoms with E-state index in [0.717, 1.165) is 13.1 Å². The van der Waals surface area contributed by atoms with Crippen LogP contribution in [0.2, 0.25) is 0 Å². The van der Waals surface area contributed by atoms with E-state index < -0.39 is 0 Å². The summed E-state index contributed by atoms with van der Waals surface area (Å²) in [5.74, 6) is 0.271. The molecule has 0 saturated carbocycles. The van der Waals surface area contributed by atoms with Crippen LogP contribution in [0.3, 0.4) is 0 Å². The standard InChI is InChI=1S/C19H30N2O2/c1-16(21-12-7-2-3-8-13-21)19(23)20-15-18(11-14-22)17-9-5-4-6-10-17/h4-6,9-10,16,18,22H,2-3,7-8,11-15H2,1H3,(H,20,23). The molecule has 2 N–H and O–H groups in total. The zero-order valence-electron chi connectivity index (χ0n) is 14.2. The Morgan fingerprint density at radius 2 is 1.83 bits per heavy atom. The van der Waals surface area contributed by atoms with Gasteiger partial charge < -0.3 is 10.4 Å². The van der Waals surface area contributed by atoms with Gasteiger partial charge in [-0.3, -0.25) is 9.69 Å². The average Bonchev–Trinajstić information content (AvgIpc) is 2.87. The first kappa shape index (κ1) is 18.0. The molecule has 2 rings (SSSR count). The van der Waals surface area contributed by atoms with Gasteiger partial charge in [0.1, 0.15) is 0 Å². The molecule has 128 valence electrons. The van der Waals surface area contributed by atoms with Gasteiger partial charge in [0, 0.05) is 19.1 Å². The van der Waals surface area contributed by atoms with Gasteiger partial charge in [0.15, 0.2) is 0 Å². The molecule has 0 bridgehead atoms. The van der Waals surface area contributed by atoms with E-state index in [-0.39, 0.29) is 24.5 Å². The first-order valence-corrected chi connectivity index (χ1v) is 8.90. The van der Waals surface area contributed by atoms with Crippen molar-refractivity contribution in [1.29, 1.82) is 0 Å². The number of benzene rings is 1. The molecule has 1 aromatic carbocycles. The lowest BCUT2D eigenvalue weighted by molar-refractivity contribution is -0.126. The zero-order valence-corrected chi connectivity index (χ0v) is 14.2. The minimum absolute atomic E-state index is 0.0707. The summed E-state index contributed by atoms with van der Waals surface area (Å²) in [5.41, 5.74) is 1.17. The summed E-state index contributed by atoms with van der Waals surface area (Å²) in [6, 6.07) is 10.0. The molecule has 2 unspecified atom stereocenters. The maximum atomic E-state index is 12.5. The lowest BCUT2D eigenvalue weighted by Crippen LogP contribution is -2.46. The monoisotopic (exact) mass is 318 g/mol. The highest BCUT2D eigenvalue weighted by Crippen LogP contribution is 2.18. The van der Waals surface area contributed by atoms with Gasteiger partial charge in [-0.1, -0.05) is 43.2 Å². The Morgan fingerprint density at radius 1 is 1.17 bits per heavy atom. The van der Waals surface area contributed by atoms with Crippen LogP contribution < -0.4 is 5.32 Å². The van der Waals surface area contributed by atoms with Crippen molar-refractivity contribution in [1.82, 2.24) is 10.2 Å². The number of aliphatic hydroxyl groups excluding tert-OH is 1. The minimum atomic E-state index is -0.0707. The molecule has 23 heavy (non-hydrogen) atoms. The molecule has 1 aliphatic rings. The molecular weight excluding hydrogens is 288 g/mol. The number of hydrogen-bond acceptors (Lipinski definition) is 3. The largest absolute Gasteiger partial charge is 0.396 e. The van der Waals surface area contributed by atoms with Crippen LogP contribution in [0.4, 0.5) is 0 Å². The highest BCUT2D eigenvalue weighted by molar-refractivity contribution is 5.81. The van der Waals surface area contributed by atoms with E-state index in [2.05, 4.69) is 22.3 Å². The summed E-state index contributed by atoms with van der Waals surface area (Å²) >= 11 is 0. The average molecular weight is 318 g/mol. The van der Waals surface area contributed by atoms with Crippen LogP contribution >= 0.6 is 0 Å². The van der Waals surface area contributed by atoms with Crippen molar-refractivity contribution in [2.45, 2.75) is 51.0 Å². The highest BCUT2D eigenvalue weighted by Gasteiger charge is 2.22. The molecule has 0 radical (unpaired) electrons. The van der Waals surface area contributed by atoms with E-state index in [1.54, 1.807) is 0 Å². The van der Waals surface area contributed by atoms with Crippen LogP contribution in [-0.2, 0) is 4.79 Å². The van der Waals surface area contributed by atoms with Crippen LogP contribution in [0.1, 0.15) is 50.5 Å². The summed E-state index contributed by atoms with van der Waals surface area (Å²) < 4.78 is 0. The Morgan fingerprint density at radius 3 is 2.43 bits per heavy atom. The lowest BCUT2D eigenvalue weighted by atomic mass is 9.96. The van der Waals surface area contributed by atoms with Crippen LogP contribution in [0.5, 0.6) is 0 Å². The number of hydrogen-bond donors (Lipinski definition) is 2. The van der Waals surface area contributed by atoms with Gasteiger partial charge in [-0.15, -0.1) is 0 Å². The molecule has 4 nitrogen and oxygen atoms in total. The molecule has 0 aromatic heterocycles. The Labute approximate surface area is 139 Å². The third kappa shape index (κ3) is 5.63. The summed E-state index contributed by atoms with van der Waals surface area (Å²) in [4.78, 5) is 14.8. The maximum Gasteiger partial charge on any atom is 0.237 e. The number of amides is 1. The molecule has 1 aliphatic heterocycles. The Balaban J connectivity index is 1.87. The van der Waals surface area contributed by atoms with Gasteiger partial charge in [0.2, 0.25) is 5.91 Å². The second-order valence-corrected chi connectivity index (χ2v) is 6.49. The number of carbonyl (C=O) groups excluding carboxylic acids is 1. The number of nitrogens with zero attached hydrogens (tertiary/aromatic N) is 1. The maximum absolute atomic E-state index is 12.5. The molecule has 1 heterocycles. The third-order valence-corrected chi connectivity index (χ3v) is 4.84. The fourth-order valence-electron chi connectivity index (χ4n) is 3.29. The molecule has 1 amide bonds. The van der Waals surface area contributed by atoms with Crippen LogP contribution in [0, 0.1) is 0 Å². The molecule has 0 aliphatic carbocycles. The van der Waals surface area contributed by atoms with Gasteiger partial charge in [-0.2, -0.15) is 0 Å². The predicted octanol–water partition coefficient (Wildman–Crippen LogP) is 2.53. The fourth-order valence-corrected chi connectivity index (χ4v) is 3.29. The number of aliphatic hydroxyl groups is 1. The first-order valence-electron chi connectivity index (χ1n) is 8.90. The molecule has 1 saturated heterocycles. The zero-order chi connectivity index (χ0) is 16.5. The summed E-state index contributed by atoms with van der Waals surface area (Å²) in [6.45, 7) is 4.77. The fraction of sp³-hybridized carbons (Fsp3) is 0.632. The van der Waals surface area contributed by atoms with Crippen molar-refractivity contribution in [3.63, 3.8) is 0 Å². The van der Waals surface area contributed by atoms with Gasteiger partial charge in [0.05, 0.1) is 6.04 Å². The van der Waals surface area contributed by atoms with Gasteiger partial charge in [0.25, 0.3) is 0 Å². The Hall–Kier alpha value is -1.39. The highest BCUT2D eigenvalue weighted by atomic mass is 16.3. The van der Waals surface area contributed by atoms with E-state index in [1.807, 2.05) is 25.1 Å². The first-order chi connectivity index (χ1) is 11.2. The molecule has 4 heteroatoms. The van der Waals surface area contributed by atoms with Crippen LogP contribution in [0.15, 0.2) is 30.3 Å². The number of carbonyl (C=O) groups is 1. The van der Waals surface area contributed by atoms with Crippen molar-refractivity contribution >= 4 is 5.91 Å². The number of rotatable bonds is 7. The molecule has 1 aromatic rings. The van der Waals surface area contributed by atoms with Crippen molar-refractivity contribution in [3.8, 4) is 0 Å². The van der Waals surface area contributed by atoms with Crippen LogP contribution in [0.25, 0.3) is 0 Å². The van der Waals surface area contributed by atoms with E-state index in [1.165, 1.54) is 31.2 Å². The molecule has 0 spiro atoms. The number of nitrogens with one attached hydrogen (secondary N) is 1. The van der Waals surface area contributed by atoms with Crippen LogP contribution in [-0.4, -0.2) is 48.2 Å². The normalized spacial score (nSPS) is 18.9. The van der Waals surface area contributed by atoms with Crippen molar-refractivity contribution < 1.29 is 9.90 Å². The summed E-state index contributed by atoms with van der Waals surface area (Å²) in [5, 5.41) is 12.4. The van der Waals surface area contributed by atoms with Gasteiger partial charge >= 0.3 is 0 Å². The van der Waals surface area contributed by atoms with Crippen molar-refractivity contribution in [2.75, 3.05) is 26.2 Å². The van der Waals surface area contributed by atoms with Gasteiger partial charge in [-0.25, -0.2) is 0 Å². The van der Waals surface area contributed by atoms with E-state index in [0.29, 0.717) is 13.0 Å². The summed E-state index contributed by atoms with van der Waals surface area (Å²) in [6.07, 6.45) is 5.60. The quantitative estimate of drug-likeness (QED) is 0.812. The SMILES string of the molecule is CC(C(=O)NCC(CCO)c1ccccc1)N1CCCCCC1. The van der Waals surface area contributed by atoms with Gasteiger partial charge in [-0.05, 0) is 44.8 Å². The number of likely N-dealkylation sites (tertiary alicyclic amines) is 1.